The van der Waals surface area contributed by atoms with Crippen molar-refractivity contribution >= 4 is 18.8 Å². The average molecular weight is 299 g/mol. The van der Waals surface area contributed by atoms with Gasteiger partial charge in [-0.25, -0.2) is 4.79 Å². The van der Waals surface area contributed by atoms with Gasteiger partial charge in [-0.3, -0.25) is 4.68 Å². The van der Waals surface area contributed by atoms with Crippen molar-refractivity contribution in [3.8, 4) is 5.75 Å². The van der Waals surface area contributed by atoms with Crippen LogP contribution in [-0.2, 0) is 11.8 Å². The standard InChI is InChI=1S/C12H22BN3O5/c1-12(2,3)21-11(17)15(4)6-7-20-9-8-14-16(5)10(9)13(18)19/h8,18-19H,6-7H2,1-5H3. The van der Waals surface area contributed by atoms with Crippen LogP contribution in [0.2, 0.25) is 0 Å². The van der Waals surface area contributed by atoms with Crippen LogP contribution in [0, 0.1) is 0 Å². The highest BCUT2D eigenvalue weighted by atomic mass is 16.6. The number of carbonyl (C=O) groups is 1. The van der Waals surface area contributed by atoms with Gasteiger partial charge < -0.3 is 24.4 Å². The van der Waals surface area contributed by atoms with Crippen LogP contribution in [0.4, 0.5) is 4.79 Å². The minimum absolute atomic E-state index is 0.162. The van der Waals surface area contributed by atoms with E-state index < -0.39 is 18.8 Å². The molecule has 0 atom stereocenters. The fourth-order valence-corrected chi connectivity index (χ4v) is 1.56. The molecular formula is C12H22BN3O5. The molecule has 0 radical (unpaired) electrons. The van der Waals surface area contributed by atoms with Gasteiger partial charge in [0.1, 0.15) is 17.8 Å². The smallest absolute Gasteiger partial charge is 0.489 e. The van der Waals surface area contributed by atoms with Gasteiger partial charge in [-0.2, -0.15) is 5.10 Å². The summed E-state index contributed by atoms with van der Waals surface area (Å²) in [7, 11) is 1.51. The first-order valence-corrected chi connectivity index (χ1v) is 6.56. The minimum Gasteiger partial charge on any atom is -0.489 e. The minimum atomic E-state index is -1.67. The van der Waals surface area contributed by atoms with E-state index in [0.29, 0.717) is 6.54 Å². The Hall–Kier alpha value is -1.74. The molecule has 0 spiro atoms. The predicted octanol–water partition coefficient (Wildman–Crippen LogP) is -0.654. The van der Waals surface area contributed by atoms with Crippen LogP contribution in [-0.4, -0.2) is 63.7 Å². The second-order valence-electron chi connectivity index (χ2n) is 5.64. The second-order valence-corrected chi connectivity index (χ2v) is 5.64. The molecular weight excluding hydrogens is 277 g/mol. The van der Waals surface area contributed by atoms with Crippen molar-refractivity contribution in [1.29, 1.82) is 0 Å². The number of hydrogen-bond donors (Lipinski definition) is 2. The van der Waals surface area contributed by atoms with E-state index in [9.17, 15) is 14.8 Å². The largest absolute Gasteiger partial charge is 0.511 e. The Morgan fingerprint density at radius 1 is 1.48 bits per heavy atom. The number of amides is 1. The molecule has 0 aliphatic rings. The molecule has 1 aromatic heterocycles. The van der Waals surface area contributed by atoms with Gasteiger partial charge in [0.05, 0.1) is 12.7 Å². The summed E-state index contributed by atoms with van der Waals surface area (Å²) in [6.07, 6.45) is 0.946. The zero-order valence-corrected chi connectivity index (χ0v) is 13.0. The molecule has 21 heavy (non-hydrogen) atoms. The van der Waals surface area contributed by atoms with Crippen LogP contribution in [0.3, 0.4) is 0 Å². The fourth-order valence-electron chi connectivity index (χ4n) is 1.56. The van der Waals surface area contributed by atoms with Gasteiger partial charge in [0.15, 0.2) is 5.75 Å². The molecule has 0 saturated heterocycles. The molecule has 1 amide bonds. The third kappa shape index (κ3) is 5.28. The Bertz CT molecular complexity index is 484. The lowest BCUT2D eigenvalue weighted by atomic mass is 9.85. The zero-order valence-electron chi connectivity index (χ0n) is 13.0. The van der Waals surface area contributed by atoms with Gasteiger partial charge >= 0.3 is 13.2 Å². The maximum atomic E-state index is 11.7. The Morgan fingerprint density at radius 2 is 2.10 bits per heavy atom. The van der Waals surface area contributed by atoms with Crippen LogP contribution in [0.25, 0.3) is 0 Å². The van der Waals surface area contributed by atoms with E-state index in [1.54, 1.807) is 34.9 Å². The van der Waals surface area contributed by atoms with E-state index in [-0.39, 0.29) is 17.9 Å². The average Bonchev–Trinajstić information content (AvgIpc) is 2.68. The van der Waals surface area contributed by atoms with Crippen molar-refractivity contribution in [1.82, 2.24) is 14.7 Å². The number of likely N-dealkylation sites (N-methyl/N-ethyl adjacent to an activating group) is 1. The normalized spacial score (nSPS) is 11.2. The first-order chi connectivity index (χ1) is 9.61. The molecule has 0 bridgehead atoms. The van der Waals surface area contributed by atoms with E-state index in [0.717, 1.165) is 0 Å². The number of rotatable bonds is 5. The van der Waals surface area contributed by atoms with Crippen molar-refractivity contribution in [3.05, 3.63) is 6.20 Å². The van der Waals surface area contributed by atoms with Gasteiger partial charge in [0.2, 0.25) is 0 Å². The van der Waals surface area contributed by atoms with E-state index in [4.69, 9.17) is 9.47 Å². The van der Waals surface area contributed by atoms with Crippen LogP contribution < -0.4 is 10.3 Å². The summed E-state index contributed by atoms with van der Waals surface area (Å²) in [6, 6.07) is 0. The summed E-state index contributed by atoms with van der Waals surface area (Å²) in [5.41, 5.74) is -0.390. The second kappa shape index (κ2) is 6.81. The number of aromatic nitrogens is 2. The van der Waals surface area contributed by atoms with Gasteiger partial charge in [-0.1, -0.05) is 0 Å². The fraction of sp³-hybridized carbons (Fsp3) is 0.667. The molecule has 0 fully saturated rings. The van der Waals surface area contributed by atoms with Crippen LogP contribution in [0.1, 0.15) is 20.8 Å². The summed E-state index contributed by atoms with van der Waals surface area (Å²) < 4.78 is 11.9. The lowest BCUT2D eigenvalue weighted by Crippen LogP contribution is -2.38. The topological polar surface area (TPSA) is 97.0 Å². The summed E-state index contributed by atoms with van der Waals surface area (Å²) in [5, 5.41) is 22.3. The first-order valence-electron chi connectivity index (χ1n) is 6.56. The summed E-state index contributed by atoms with van der Waals surface area (Å²) >= 11 is 0. The third-order valence-corrected chi connectivity index (χ3v) is 2.58. The Labute approximate surface area is 124 Å². The molecule has 8 nitrogen and oxygen atoms in total. The maximum Gasteiger partial charge on any atom is 0.511 e. The molecule has 0 aliphatic carbocycles. The van der Waals surface area contributed by atoms with E-state index in [1.165, 1.54) is 15.8 Å². The highest BCUT2D eigenvalue weighted by Crippen LogP contribution is 2.09. The lowest BCUT2D eigenvalue weighted by molar-refractivity contribution is 0.0278. The van der Waals surface area contributed by atoms with Crippen LogP contribution in [0.5, 0.6) is 5.75 Å². The summed E-state index contributed by atoms with van der Waals surface area (Å²) in [6.45, 7) is 5.85. The highest BCUT2D eigenvalue weighted by molar-refractivity contribution is 6.58. The van der Waals surface area contributed by atoms with Gasteiger partial charge in [-0.15, -0.1) is 0 Å². The predicted molar refractivity (Wildman–Crippen MR) is 77.4 cm³/mol. The number of nitrogens with zero attached hydrogens (tertiary/aromatic N) is 3. The quantitative estimate of drug-likeness (QED) is 0.701. The lowest BCUT2D eigenvalue weighted by Gasteiger charge is -2.24. The first kappa shape index (κ1) is 17.3. The molecule has 1 heterocycles. The van der Waals surface area contributed by atoms with Gasteiger partial charge in [-0.05, 0) is 20.8 Å². The number of hydrogen-bond acceptors (Lipinski definition) is 6. The number of ether oxygens (including phenoxy) is 2. The molecule has 118 valence electrons. The maximum absolute atomic E-state index is 11.7. The van der Waals surface area contributed by atoms with Crippen molar-refractivity contribution < 1.29 is 24.3 Å². The third-order valence-electron chi connectivity index (χ3n) is 2.58. The van der Waals surface area contributed by atoms with E-state index >= 15 is 0 Å². The van der Waals surface area contributed by atoms with Crippen LogP contribution in [0.15, 0.2) is 6.20 Å². The molecule has 0 unspecified atom stereocenters. The van der Waals surface area contributed by atoms with Gasteiger partial charge in [0, 0.05) is 14.1 Å². The summed E-state index contributed by atoms with van der Waals surface area (Å²) in [5.74, 6) is 0.269. The SMILES string of the molecule is CN(CCOc1cnn(C)c1B(O)O)C(=O)OC(C)(C)C. The monoisotopic (exact) mass is 299 g/mol. The molecule has 9 heteroatoms. The van der Waals surface area contributed by atoms with Gasteiger partial charge in [0.25, 0.3) is 0 Å². The van der Waals surface area contributed by atoms with Crippen molar-refractivity contribution in [3.63, 3.8) is 0 Å². The van der Waals surface area contributed by atoms with Crippen molar-refractivity contribution in [2.75, 3.05) is 20.2 Å². The summed E-state index contributed by atoms with van der Waals surface area (Å²) in [4.78, 5) is 13.1. The Morgan fingerprint density at radius 3 is 2.62 bits per heavy atom. The Balaban J connectivity index is 2.49. The van der Waals surface area contributed by atoms with Crippen molar-refractivity contribution in [2.45, 2.75) is 26.4 Å². The molecule has 1 aromatic rings. The highest BCUT2D eigenvalue weighted by Gasteiger charge is 2.23. The molecule has 1 rings (SSSR count). The van der Waals surface area contributed by atoms with E-state index in [1.807, 2.05) is 0 Å². The number of carbonyl (C=O) groups excluding carboxylic acids is 1. The van der Waals surface area contributed by atoms with E-state index in [2.05, 4.69) is 5.10 Å². The Kier molecular flexibility index (Phi) is 5.62. The molecule has 0 aromatic carbocycles. The number of aryl methyl sites for hydroxylation is 1. The zero-order chi connectivity index (χ0) is 16.2. The van der Waals surface area contributed by atoms with Crippen LogP contribution >= 0.6 is 0 Å². The molecule has 0 aliphatic heterocycles. The van der Waals surface area contributed by atoms with Crippen molar-refractivity contribution in [2.24, 2.45) is 7.05 Å². The molecule has 2 N–H and O–H groups in total. The molecule has 0 saturated carbocycles.